The summed E-state index contributed by atoms with van der Waals surface area (Å²) in [7, 11) is -2.03. The molecule has 0 aromatic heterocycles. The summed E-state index contributed by atoms with van der Waals surface area (Å²) in [6, 6.07) is 6.34. The molecule has 0 bridgehead atoms. The van der Waals surface area contributed by atoms with E-state index in [0.29, 0.717) is 18.7 Å². The first kappa shape index (κ1) is 15.9. The summed E-state index contributed by atoms with van der Waals surface area (Å²) < 4.78 is 31.8. The van der Waals surface area contributed by atoms with Gasteiger partial charge >= 0.3 is 0 Å². The second-order valence-electron chi connectivity index (χ2n) is 4.32. The third-order valence-electron chi connectivity index (χ3n) is 3.03. The minimum absolute atomic E-state index is 0.0688. The first-order chi connectivity index (χ1) is 9.03. The van der Waals surface area contributed by atoms with Crippen LogP contribution >= 0.6 is 0 Å². The maximum Gasteiger partial charge on any atom is 0.240 e. The van der Waals surface area contributed by atoms with Gasteiger partial charge in [0, 0.05) is 19.2 Å². The minimum atomic E-state index is -3.53. The number of aliphatic hydroxyl groups excluding tert-OH is 1. The lowest BCUT2D eigenvalue weighted by Gasteiger charge is -2.14. The van der Waals surface area contributed by atoms with Gasteiger partial charge in [-0.3, -0.25) is 0 Å². The van der Waals surface area contributed by atoms with Gasteiger partial charge in [-0.15, -0.1) is 0 Å². The van der Waals surface area contributed by atoms with Gasteiger partial charge in [0.05, 0.1) is 12.0 Å². The Hall–Kier alpha value is -1.11. The van der Waals surface area contributed by atoms with Crippen molar-refractivity contribution in [2.75, 3.05) is 20.3 Å². The maximum atomic E-state index is 12.1. The van der Waals surface area contributed by atoms with Gasteiger partial charge < -0.3 is 9.84 Å². The molecule has 0 spiro atoms. The van der Waals surface area contributed by atoms with Gasteiger partial charge in [0.1, 0.15) is 5.75 Å². The van der Waals surface area contributed by atoms with Crippen LogP contribution in [0.3, 0.4) is 0 Å². The lowest BCUT2D eigenvalue weighted by molar-refractivity contribution is 0.254. The highest BCUT2D eigenvalue weighted by atomic mass is 32.2. The number of rotatable bonds is 8. The van der Waals surface area contributed by atoms with Gasteiger partial charge in [-0.1, -0.05) is 19.4 Å². The zero-order chi connectivity index (χ0) is 14.3. The van der Waals surface area contributed by atoms with Crippen LogP contribution in [0.5, 0.6) is 5.75 Å². The van der Waals surface area contributed by atoms with E-state index in [-0.39, 0.29) is 17.4 Å². The molecule has 1 rings (SSSR count). The molecule has 0 radical (unpaired) electrons. The highest BCUT2D eigenvalue weighted by Crippen LogP contribution is 2.17. The van der Waals surface area contributed by atoms with Gasteiger partial charge in [0.2, 0.25) is 10.0 Å². The van der Waals surface area contributed by atoms with E-state index < -0.39 is 10.0 Å². The van der Waals surface area contributed by atoms with Gasteiger partial charge in [-0.2, -0.15) is 0 Å². The number of methoxy groups -OCH3 is 1. The minimum Gasteiger partial charge on any atom is -0.497 e. The largest absolute Gasteiger partial charge is 0.497 e. The number of nitrogens with one attached hydrogen (secondary N) is 1. The number of benzene rings is 1. The molecule has 0 amide bonds. The van der Waals surface area contributed by atoms with Crippen molar-refractivity contribution in [3.63, 3.8) is 0 Å². The molecule has 0 aliphatic heterocycles. The average molecular weight is 287 g/mol. The molecule has 0 saturated heterocycles. The van der Waals surface area contributed by atoms with E-state index in [9.17, 15) is 8.42 Å². The summed E-state index contributed by atoms with van der Waals surface area (Å²) >= 11 is 0. The van der Waals surface area contributed by atoms with E-state index >= 15 is 0 Å². The highest BCUT2D eigenvalue weighted by Gasteiger charge is 2.16. The Balaban J connectivity index is 2.74. The van der Waals surface area contributed by atoms with Crippen LogP contribution < -0.4 is 9.46 Å². The predicted molar refractivity (Wildman–Crippen MR) is 73.7 cm³/mol. The average Bonchev–Trinajstić information content (AvgIpc) is 2.43. The van der Waals surface area contributed by atoms with Crippen LogP contribution in [0.25, 0.3) is 0 Å². The Kier molecular flexibility index (Phi) is 6.27. The van der Waals surface area contributed by atoms with Gasteiger partial charge in [-0.25, -0.2) is 13.1 Å². The fourth-order valence-electron chi connectivity index (χ4n) is 1.71. The Morgan fingerprint density at radius 1 is 1.42 bits per heavy atom. The lowest BCUT2D eigenvalue weighted by Crippen LogP contribution is -2.29. The quantitative estimate of drug-likeness (QED) is 0.757. The fourth-order valence-corrected chi connectivity index (χ4v) is 2.86. The van der Waals surface area contributed by atoms with Crippen molar-refractivity contribution < 1.29 is 18.3 Å². The second kappa shape index (κ2) is 7.47. The van der Waals surface area contributed by atoms with Crippen molar-refractivity contribution in [3.8, 4) is 5.75 Å². The van der Waals surface area contributed by atoms with Crippen LogP contribution in [0.2, 0.25) is 0 Å². The van der Waals surface area contributed by atoms with E-state index in [0.717, 1.165) is 6.42 Å². The molecule has 0 fully saturated rings. The summed E-state index contributed by atoms with van der Waals surface area (Å²) in [4.78, 5) is 0.186. The standard InChI is InChI=1S/C13H21NO4S/c1-3-11(7-8-15)10-14-19(16,17)13-6-4-5-12(9-13)18-2/h4-6,9,11,14-15H,3,7-8,10H2,1-2H3. The van der Waals surface area contributed by atoms with Crippen LogP contribution in [0, 0.1) is 5.92 Å². The molecule has 0 aliphatic rings. The van der Waals surface area contributed by atoms with Crippen molar-refractivity contribution in [2.24, 2.45) is 5.92 Å². The molecular formula is C13H21NO4S. The molecule has 0 saturated carbocycles. The number of aliphatic hydroxyl groups is 1. The molecule has 19 heavy (non-hydrogen) atoms. The van der Waals surface area contributed by atoms with Gasteiger partial charge in [0.25, 0.3) is 0 Å². The first-order valence-electron chi connectivity index (χ1n) is 6.28. The van der Waals surface area contributed by atoms with E-state index in [1.165, 1.54) is 19.2 Å². The van der Waals surface area contributed by atoms with Crippen LogP contribution in [-0.4, -0.2) is 33.8 Å². The monoisotopic (exact) mass is 287 g/mol. The molecular weight excluding hydrogens is 266 g/mol. The van der Waals surface area contributed by atoms with E-state index in [2.05, 4.69) is 4.72 Å². The van der Waals surface area contributed by atoms with Gasteiger partial charge in [-0.05, 0) is 24.5 Å². The zero-order valence-corrected chi connectivity index (χ0v) is 12.1. The summed E-state index contributed by atoms with van der Waals surface area (Å²) in [6.07, 6.45) is 1.42. The third-order valence-corrected chi connectivity index (χ3v) is 4.45. The van der Waals surface area contributed by atoms with Crippen molar-refractivity contribution >= 4 is 10.0 Å². The molecule has 0 heterocycles. The van der Waals surface area contributed by atoms with Gasteiger partial charge in [0.15, 0.2) is 0 Å². The summed E-state index contributed by atoms with van der Waals surface area (Å²) in [5.41, 5.74) is 0. The molecule has 1 aromatic rings. The number of sulfonamides is 1. The molecule has 108 valence electrons. The zero-order valence-electron chi connectivity index (χ0n) is 11.3. The van der Waals surface area contributed by atoms with Crippen LogP contribution in [-0.2, 0) is 10.0 Å². The molecule has 1 atom stereocenters. The number of hydrogen-bond acceptors (Lipinski definition) is 4. The van der Waals surface area contributed by atoms with Crippen molar-refractivity contribution in [2.45, 2.75) is 24.7 Å². The molecule has 5 nitrogen and oxygen atoms in total. The third kappa shape index (κ3) is 4.81. The Labute approximate surface area is 114 Å². The Morgan fingerprint density at radius 3 is 2.74 bits per heavy atom. The molecule has 0 aliphatic carbocycles. The second-order valence-corrected chi connectivity index (χ2v) is 6.08. The SMILES string of the molecule is CCC(CCO)CNS(=O)(=O)c1cccc(OC)c1. The Morgan fingerprint density at radius 2 is 2.16 bits per heavy atom. The van der Waals surface area contributed by atoms with Crippen LogP contribution in [0.1, 0.15) is 19.8 Å². The van der Waals surface area contributed by atoms with E-state index in [1.54, 1.807) is 12.1 Å². The lowest BCUT2D eigenvalue weighted by atomic mass is 10.0. The predicted octanol–water partition coefficient (Wildman–Crippen LogP) is 1.38. The van der Waals surface area contributed by atoms with Crippen molar-refractivity contribution in [3.05, 3.63) is 24.3 Å². The summed E-state index contributed by atoms with van der Waals surface area (Å²) in [5, 5.41) is 8.89. The Bertz CT molecular complexity index is 487. The molecule has 1 unspecified atom stereocenters. The van der Waals surface area contributed by atoms with Crippen LogP contribution in [0.4, 0.5) is 0 Å². The topological polar surface area (TPSA) is 75.6 Å². The summed E-state index contributed by atoms with van der Waals surface area (Å²) in [5.74, 6) is 0.649. The number of hydrogen-bond donors (Lipinski definition) is 2. The number of ether oxygens (including phenoxy) is 1. The van der Waals surface area contributed by atoms with Crippen LogP contribution in [0.15, 0.2) is 29.2 Å². The molecule has 2 N–H and O–H groups in total. The first-order valence-corrected chi connectivity index (χ1v) is 7.76. The molecule has 1 aromatic carbocycles. The summed E-state index contributed by atoms with van der Waals surface area (Å²) in [6.45, 7) is 2.37. The highest BCUT2D eigenvalue weighted by molar-refractivity contribution is 7.89. The normalized spacial score (nSPS) is 13.2. The fraction of sp³-hybridized carbons (Fsp3) is 0.538. The maximum absolute atomic E-state index is 12.1. The smallest absolute Gasteiger partial charge is 0.240 e. The van der Waals surface area contributed by atoms with E-state index in [1.807, 2.05) is 6.92 Å². The van der Waals surface area contributed by atoms with E-state index in [4.69, 9.17) is 9.84 Å². The molecule has 6 heteroatoms. The van der Waals surface area contributed by atoms with Crippen molar-refractivity contribution in [1.82, 2.24) is 4.72 Å². The van der Waals surface area contributed by atoms with Crippen molar-refractivity contribution in [1.29, 1.82) is 0 Å².